The third-order valence-electron chi connectivity index (χ3n) is 4.28. The van der Waals surface area contributed by atoms with E-state index >= 15 is 0 Å². The minimum absolute atomic E-state index is 0.543. The van der Waals surface area contributed by atoms with Gasteiger partial charge in [-0.15, -0.1) is 0 Å². The van der Waals surface area contributed by atoms with Crippen molar-refractivity contribution >= 4 is 10.8 Å². The number of hydrogen-bond donors (Lipinski definition) is 0. The van der Waals surface area contributed by atoms with E-state index in [2.05, 4.69) is 69.3 Å². The van der Waals surface area contributed by atoms with E-state index in [1.54, 1.807) is 0 Å². The molecule has 2 aromatic carbocycles. The molecule has 0 aliphatic heterocycles. The average molecular weight is 275 g/mol. The number of pyridine rings is 1. The quantitative estimate of drug-likeness (QED) is 0.595. The Bertz CT molecular complexity index is 768. The fourth-order valence-electron chi connectivity index (χ4n) is 2.86. The predicted molar refractivity (Wildman–Crippen MR) is 90.6 cm³/mol. The van der Waals surface area contributed by atoms with Gasteiger partial charge in [-0.2, -0.15) is 0 Å². The molecule has 1 nitrogen and oxygen atoms in total. The lowest BCUT2D eigenvalue weighted by Crippen LogP contribution is -1.98. The lowest BCUT2D eigenvalue weighted by Gasteiger charge is -2.16. The van der Waals surface area contributed by atoms with Gasteiger partial charge in [-0.3, -0.25) is 4.98 Å². The number of benzene rings is 2. The molecule has 3 aromatic rings. The van der Waals surface area contributed by atoms with E-state index < -0.39 is 0 Å². The summed E-state index contributed by atoms with van der Waals surface area (Å²) in [6, 6.07) is 17.3. The number of aryl methyl sites for hydroxylation is 1. The Balaban J connectivity index is 2.30. The first kappa shape index (κ1) is 13.8. The zero-order valence-corrected chi connectivity index (χ0v) is 12.9. The van der Waals surface area contributed by atoms with E-state index in [1.165, 1.54) is 27.5 Å². The van der Waals surface area contributed by atoms with Crippen molar-refractivity contribution in [1.29, 1.82) is 0 Å². The van der Waals surface area contributed by atoms with E-state index in [9.17, 15) is 0 Å². The number of nitrogens with zero attached hydrogens (tertiary/aromatic N) is 1. The van der Waals surface area contributed by atoms with Gasteiger partial charge >= 0.3 is 0 Å². The van der Waals surface area contributed by atoms with Crippen molar-refractivity contribution < 1.29 is 0 Å². The normalized spacial score (nSPS) is 12.5. The molecule has 0 fully saturated rings. The summed E-state index contributed by atoms with van der Waals surface area (Å²) in [4.78, 5) is 4.70. The fraction of sp³-hybridized carbons (Fsp3) is 0.250. The molecule has 0 amide bonds. The molecule has 0 spiro atoms. The highest BCUT2D eigenvalue weighted by Gasteiger charge is 2.14. The third-order valence-corrected chi connectivity index (χ3v) is 4.28. The van der Waals surface area contributed by atoms with Crippen molar-refractivity contribution in [2.45, 2.75) is 33.1 Å². The van der Waals surface area contributed by atoms with Crippen LogP contribution in [0.25, 0.3) is 22.0 Å². The van der Waals surface area contributed by atoms with Gasteiger partial charge < -0.3 is 0 Å². The molecule has 1 heteroatoms. The summed E-state index contributed by atoms with van der Waals surface area (Å²) in [5, 5.41) is 2.48. The van der Waals surface area contributed by atoms with Crippen LogP contribution in [0.5, 0.6) is 0 Å². The first-order valence-corrected chi connectivity index (χ1v) is 7.65. The van der Waals surface area contributed by atoms with Crippen molar-refractivity contribution in [2.24, 2.45) is 0 Å². The van der Waals surface area contributed by atoms with E-state index in [0.29, 0.717) is 5.92 Å². The van der Waals surface area contributed by atoms with Gasteiger partial charge in [-0.25, -0.2) is 0 Å². The smallest absolute Gasteiger partial charge is 0.0783 e. The second-order valence-electron chi connectivity index (χ2n) is 5.78. The molecule has 0 aliphatic rings. The van der Waals surface area contributed by atoms with E-state index in [-0.39, 0.29) is 0 Å². The molecule has 1 atom stereocenters. The highest BCUT2D eigenvalue weighted by molar-refractivity contribution is 5.95. The van der Waals surface area contributed by atoms with Gasteiger partial charge in [-0.05, 0) is 42.3 Å². The minimum Gasteiger partial charge on any atom is -0.256 e. The van der Waals surface area contributed by atoms with E-state index in [4.69, 9.17) is 4.98 Å². The van der Waals surface area contributed by atoms with Crippen LogP contribution in [0.15, 0.2) is 54.7 Å². The number of rotatable bonds is 3. The SMILES string of the molecule is CCC(C)c1ccc(C)cc1-c1nccc2ccccc12. The molecule has 0 bridgehead atoms. The lowest BCUT2D eigenvalue weighted by atomic mass is 9.89. The van der Waals surface area contributed by atoms with Crippen molar-refractivity contribution in [1.82, 2.24) is 4.98 Å². The van der Waals surface area contributed by atoms with Crippen LogP contribution in [0.4, 0.5) is 0 Å². The molecule has 0 saturated carbocycles. The zero-order valence-electron chi connectivity index (χ0n) is 12.9. The summed E-state index contributed by atoms with van der Waals surface area (Å²) in [7, 11) is 0. The highest BCUT2D eigenvalue weighted by Crippen LogP contribution is 2.34. The Morgan fingerprint density at radius 3 is 2.67 bits per heavy atom. The van der Waals surface area contributed by atoms with Crippen LogP contribution in [0.2, 0.25) is 0 Å². The molecular weight excluding hydrogens is 254 g/mol. The number of hydrogen-bond acceptors (Lipinski definition) is 1. The minimum atomic E-state index is 0.543. The average Bonchev–Trinajstić information content (AvgIpc) is 2.53. The highest BCUT2D eigenvalue weighted by atomic mass is 14.7. The van der Waals surface area contributed by atoms with Gasteiger partial charge in [0.15, 0.2) is 0 Å². The Hall–Kier alpha value is -2.15. The summed E-state index contributed by atoms with van der Waals surface area (Å²) >= 11 is 0. The molecule has 0 radical (unpaired) electrons. The summed E-state index contributed by atoms with van der Waals surface area (Å²) in [5.41, 5.74) is 5.06. The molecule has 0 N–H and O–H groups in total. The van der Waals surface area contributed by atoms with E-state index in [1.807, 2.05) is 6.20 Å². The summed E-state index contributed by atoms with van der Waals surface area (Å²) in [6.45, 7) is 6.68. The molecule has 21 heavy (non-hydrogen) atoms. The van der Waals surface area contributed by atoms with Crippen LogP contribution in [-0.2, 0) is 0 Å². The van der Waals surface area contributed by atoms with Gasteiger partial charge in [0.2, 0.25) is 0 Å². The van der Waals surface area contributed by atoms with Crippen LogP contribution in [0, 0.1) is 6.92 Å². The van der Waals surface area contributed by atoms with Crippen molar-refractivity contribution in [2.75, 3.05) is 0 Å². The van der Waals surface area contributed by atoms with Gasteiger partial charge in [-0.1, -0.05) is 55.8 Å². The summed E-state index contributed by atoms with van der Waals surface area (Å²) in [6.07, 6.45) is 3.06. The summed E-state index contributed by atoms with van der Waals surface area (Å²) in [5.74, 6) is 0.543. The third kappa shape index (κ3) is 2.56. The standard InChI is InChI=1S/C20H21N/c1-4-15(3)17-10-9-14(2)13-19(17)20-18-8-6-5-7-16(18)11-12-21-20/h5-13,15H,4H2,1-3H3. The maximum absolute atomic E-state index is 4.70. The Labute approximate surface area is 126 Å². The predicted octanol–water partition coefficient (Wildman–Crippen LogP) is 5.72. The summed E-state index contributed by atoms with van der Waals surface area (Å²) < 4.78 is 0. The van der Waals surface area contributed by atoms with Crippen molar-refractivity contribution in [3.05, 3.63) is 65.9 Å². The van der Waals surface area contributed by atoms with Crippen LogP contribution >= 0.6 is 0 Å². The van der Waals surface area contributed by atoms with Crippen molar-refractivity contribution in [3.63, 3.8) is 0 Å². The van der Waals surface area contributed by atoms with Crippen molar-refractivity contribution in [3.8, 4) is 11.3 Å². The first-order chi connectivity index (χ1) is 10.2. The zero-order chi connectivity index (χ0) is 14.8. The maximum atomic E-state index is 4.70. The van der Waals surface area contributed by atoms with Gasteiger partial charge in [0.1, 0.15) is 0 Å². The first-order valence-electron chi connectivity index (χ1n) is 7.65. The number of fused-ring (bicyclic) bond motifs is 1. The molecule has 0 saturated heterocycles. The molecule has 1 heterocycles. The Kier molecular flexibility index (Phi) is 3.74. The second kappa shape index (κ2) is 5.69. The van der Waals surface area contributed by atoms with Crippen LogP contribution in [0.1, 0.15) is 37.3 Å². The molecule has 3 rings (SSSR count). The molecule has 0 aliphatic carbocycles. The number of aromatic nitrogens is 1. The van der Waals surface area contributed by atoms with Gasteiger partial charge in [0.25, 0.3) is 0 Å². The van der Waals surface area contributed by atoms with Crippen LogP contribution in [0.3, 0.4) is 0 Å². The Morgan fingerprint density at radius 2 is 1.86 bits per heavy atom. The maximum Gasteiger partial charge on any atom is 0.0783 e. The fourth-order valence-corrected chi connectivity index (χ4v) is 2.86. The topological polar surface area (TPSA) is 12.9 Å². The van der Waals surface area contributed by atoms with E-state index in [0.717, 1.165) is 12.1 Å². The van der Waals surface area contributed by atoms with Crippen LogP contribution < -0.4 is 0 Å². The monoisotopic (exact) mass is 275 g/mol. The second-order valence-corrected chi connectivity index (χ2v) is 5.78. The van der Waals surface area contributed by atoms with Gasteiger partial charge in [0.05, 0.1) is 5.69 Å². The molecular formula is C20H21N. The lowest BCUT2D eigenvalue weighted by molar-refractivity contribution is 0.735. The molecule has 1 aromatic heterocycles. The van der Waals surface area contributed by atoms with Gasteiger partial charge in [0, 0.05) is 17.1 Å². The molecule has 106 valence electrons. The molecule has 1 unspecified atom stereocenters. The van der Waals surface area contributed by atoms with Crippen LogP contribution in [-0.4, -0.2) is 4.98 Å². The largest absolute Gasteiger partial charge is 0.256 e. The Morgan fingerprint density at radius 1 is 1.05 bits per heavy atom.